The first kappa shape index (κ1) is 23.0. The molecule has 0 unspecified atom stereocenters. The lowest BCUT2D eigenvalue weighted by molar-refractivity contribution is -0.147. The number of aliphatic hydroxyl groups excluding tert-OH is 1. The van der Waals surface area contributed by atoms with Gasteiger partial charge in [0, 0.05) is 36.6 Å². The summed E-state index contributed by atoms with van der Waals surface area (Å²) in [7, 11) is 0. The van der Waals surface area contributed by atoms with E-state index in [9.17, 15) is 9.90 Å². The maximum atomic E-state index is 13.7. The minimum absolute atomic E-state index is 0.0954. The number of likely N-dealkylation sites (tertiary alicyclic amines) is 1. The predicted molar refractivity (Wildman–Crippen MR) is 130 cm³/mol. The summed E-state index contributed by atoms with van der Waals surface area (Å²) >= 11 is 0. The minimum atomic E-state index is -0.378. The minimum Gasteiger partial charge on any atom is -0.512 e. The summed E-state index contributed by atoms with van der Waals surface area (Å²) in [4.78, 5) is 26.9. The van der Waals surface area contributed by atoms with Gasteiger partial charge in [0.1, 0.15) is 0 Å². The first-order chi connectivity index (χ1) is 15.8. The second kappa shape index (κ2) is 9.33. The first-order valence-corrected chi connectivity index (χ1v) is 11.7. The van der Waals surface area contributed by atoms with Gasteiger partial charge < -0.3 is 14.9 Å². The highest BCUT2D eigenvalue weighted by molar-refractivity contribution is 6.11. The van der Waals surface area contributed by atoms with Crippen LogP contribution in [0.1, 0.15) is 49.6 Å². The Hall–Kier alpha value is -3.22. The fraction of sp³-hybridized carbons (Fsp3) is 0.462. The van der Waals surface area contributed by atoms with E-state index in [1.165, 1.54) is 0 Å². The summed E-state index contributed by atoms with van der Waals surface area (Å²) in [6.07, 6.45) is 3.36. The Morgan fingerprint density at radius 1 is 1.06 bits per heavy atom. The number of hydrogen-bond donors (Lipinski definition) is 2. The van der Waals surface area contributed by atoms with E-state index in [0.29, 0.717) is 12.1 Å². The number of benzene rings is 1. The van der Waals surface area contributed by atoms with Crippen molar-refractivity contribution < 1.29 is 9.90 Å². The zero-order valence-electron chi connectivity index (χ0n) is 19.8. The van der Waals surface area contributed by atoms with Gasteiger partial charge in [-0.1, -0.05) is 30.3 Å². The van der Waals surface area contributed by atoms with Crippen LogP contribution in [-0.4, -0.2) is 57.8 Å². The van der Waals surface area contributed by atoms with E-state index in [2.05, 4.69) is 14.9 Å². The second-order valence-electron chi connectivity index (χ2n) is 9.35. The van der Waals surface area contributed by atoms with E-state index >= 15 is 0 Å². The van der Waals surface area contributed by atoms with Gasteiger partial charge in [-0.25, -0.2) is 9.97 Å². The van der Waals surface area contributed by atoms with E-state index in [4.69, 9.17) is 5.41 Å². The number of nitrogens with one attached hydrogen (secondary N) is 1. The van der Waals surface area contributed by atoms with Crippen molar-refractivity contribution in [3.63, 3.8) is 0 Å². The molecule has 1 aromatic heterocycles. The normalized spacial score (nSPS) is 18.9. The summed E-state index contributed by atoms with van der Waals surface area (Å²) in [6.45, 7) is 7.98. The zero-order chi connectivity index (χ0) is 23.6. The Morgan fingerprint density at radius 2 is 1.70 bits per heavy atom. The lowest BCUT2D eigenvalue weighted by Crippen LogP contribution is -2.54. The topological polar surface area (TPSA) is 93.4 Å². The van der Waals surface area contributed by atoms with Gasteiger partial charge in [0.25, 0.3) is 0 Å². The number of amides is 1. The van der Waals surface area contributed by atoms with Gasteiger partial charge in [-0.2, -0.15) is 0 Å². The Bertz CT molecular complexity index is 1050. The van der Waals surface area contributed by atoms with E-state index in [1.54, 1.807) is 6.92 Å². The SMILES string of the molecule is C/C(O)=C(\CN1CCCC2(CCN(c3nc(C)cc(C)n3)CC2)C1=O)C(=N)c1ccccc1. The summed E-state index contributed by atoms with van der Waals surface area (Å²) < 4.78 is 0. The zero-order valence-corrected chi connectivity index (χ0v) is 19.8. The van der Waals surface area contributed by atoms with Crippen LogP contribution in [0, 0.1) is 24.7 Å². The molecule has 2 fully saturated rings. The molecule has 0 aliphatic carbocycles. The standard InChI is InChI=1S/C26H33N5O2/c1-18-16-19(2)29-25(28-18)30-14-11-26(12-15-30)10-7-13-31(24(26)33)17-22(20(3)32)23(27)21-8-5-4-6-9-21/h4-6,8-9,16,27,32H,7,10-15,17H2,1-3H3/b22-20-,27-23?. The van der Waals surface area contributed by atoms with Crippen molar-refractivity contribution in [2.75, 3.05) is 31.1 Å². The van der Waals surface area contributed by atoms with Gasteiger partial charge in [-0.15, -0.1) is 0 Å². The molecule has 7 nitrogen and oxygen atoms in total. The number of anilines is 1. The van der Waals surface area contributed by atoms with Crippen LogP contribution in [0.25, 0.3) is 0 Å². The molecule has 4 rings (SSSR count). The van der Waals surface area contributed by atoms with Crippen LogP contribution in [0.2, 0.25) is 0 Å². The number of aliphatic hydroxyl groups is 1. The third-order valence-electron chi connectivity index (χ3n) is 6.95. The Kier molecular flexibility index (Phi) is 6.49. The maximum absolute atomic E-state index is 13.7. The lowest BCUT2D eigenvalue weighted by Gasteiger charge is -2.46. The van der Waals surface area contributed by atoms with E-state index in [1.807, 2.05) is 55.1 Å². The van der Waals surface area contributed by atoms with Crippen LogP contribution >= 0.6 is 0 Å². The van der Waals surface area contributed by atoms with Crippen LogP contribution in [0.4, 0.5) is 5.95 Å². The third-order valence-corrected chi connectivity index (χ3v) is 6.95. The molecule has 1 spiro atoms. The second-order valence-corrected chi connectivity index (χ2v) is 9.35. The molecular weight excluding hydrogens is 414 g/mol. The predicted octanol–water partition coefficient (Wildman–Crippen LogP) is 4.20. The van der Waals surface area contributed by atoms with Crippen molar-refractivity contribution in [1.29, 1.82) is 5.41 Å². The molecule has 33 heavy (non-hydrogen) atoms. The van der Waals surface area contributed by atoms with Crippen molar-refractivity contribution in [2.45, 2.75) is 46.5 Å². The Labute approximate surface area is 195 Å². The fourth-order valence-electron chi connectivity index (χ4n) is 5.09. The van der Waals surface area contributed by atoms with Gasteiger partial charge in [-0.3, -0.25) is 10.2 Å². The molecule has 0 bridgehead atoms. The monoisotopic (exact) mass is 447 g/mol. The van der Waals surface area contributed by atoms with Crippen molar-refractivity contribution in [3.05, 3.63) is 64.7 Å². The maximum Gasteiger partial charge on any atom is 0.229 e. The third kappa shape index (κ3) is 4.77. The number of aryl methyl sites for hydroxylation is 2. The molecule has 2 saturated heterocycles. The summed E-state index contributed by atoms with van der Waals surface area (Å²) in [6, 6.07) is 11.3. The highest BCUT2D eigenvalue weighted by Gasteiger charge is 2.46. The Morgan fingerprint density at radius 3 is 2.30 bits per heavy atom. The molecule has 2 aliphatic rings. The van der Waals surface area contributed by atoms with E-state index in [-0.39, 0.29) is 29.3 Å². The number of carbonyl (C=O) groups excluding carboxylic acids is 1. The number of aromatic nitrogens is 2. The summed E-state index contributed by atoms with van der Waals surface area (Å²) in [5.41, 5.74) is 3.05. The molecule has 1 amide bonds. The quantitative estimate of drug-likeness (QED) is 0.529. The van der Waals surface area contributed by atoms with E-state index in [0.717, 1.165) is 61.7 Å². The van der Waals surface area contributed by atoms with Crippen molar-refractivity contribution >= 4 is 17.6 Å². The smallest absolute Gasteiger partial charge is 0.229 e. The summed E-state index contributed by atoms with van der Waals surface area (Å²) in [5, 5.41) is 19.0. The van der Waals surface area contributed by atoms with Crippen LogP contribution in [0.3, 0.4) is 0 Å². The number of nitrogens with zero attached hydrogens (tertiary/aromatic N) is 4. The van der Waals surface area contributed by atoms with Gasteiger partial charge in [-0.05, 0) is 58.1 Å². The molecule has 0 radical (unpaired) electrons. The summed E-state index contributed by atoms with van der Waals surface area (Å²) in [5.74, 6) is 0.993. The van der Waals surface area contributed by atoms with E-state index < -0.39 is 0 Å². The van der Waals surface area contributed by atoms with Crippen molar-refractivity contribution in [3.8, 4) is 0 Å². The van der Waals surface area contributed by atoms with Gasteiger partial charge in [0.05, 0.1) is 23.4 Å². The molecule has 2 aliphatic heterocycles. The number of piperidine rings is 2. The van der Waals surface area contributed by atoms with Gasteiger partial charge in [0.2, 0.25) is 11.9 Å². The number of carbonyl (C=O) groups is 1. The van der Waals surface area contributed by atoms with Crippen molar-refractivity contribution in [2.24, 2.45) is 5.41 Å². The molecule has 3 heterocycles. The molecular formula is C26H33N5O2. The highest BCUT2D eigenvalue weighted by atomic mass is 16.3. The van der Waals surface area contributed by atoms with Crippen LogP contribution in [-0.2, 0) is 4.79 Å². The number of rotatable bonds is 5. The van der Waals surface area contributed by atoms with Gasteiger partial charge >= 0.3 is 0 Å². The van der Waals surface area contributed by atoms with Crippen LogP contribution < -0.4 is 4.90 Å². The number of allylic oxidation sites excluding steroid dienone is 1. The number of hydrogen-bond acceptors (Lipinski definition) is 6. The van der Waals surface area contributed by atoms with Gasteiger partial charge in [0.15, 0.2) is 0 Å². The highest BCUT2D eigenvalue weighted by Crippen LogP contribution is 2.41. The molecule has 7 heteroatoms. The molecule has 2 aromatic rings. The Balaban J connectivity index is 1.48. The van der Waals surface area contributed by atoms with Crippen LogP contribution in [0.15, 0.2) is 47.7 Å². The average Bonchev–Trinajstić information content (AvgIpc) is 2.80. The molecule has 0 atom stereocenters. The average molecular weight is 448 g/mol. The van der Waals surface area contributed by atoms with Crippen LogP contribution in [0.5, 0.6) is 0 Å². The van der Waals surface area contributed by atoms with Crippen molar-refractivity contribution in [1.82, 2.24) is 14.9 Å². The molecule has 174 valence electrons. The first-order valence-electron chi connectivity index (χ1n) is 11.7. The molecule has 2 N–H and O–H groups in total. The molecule has 1 aromatic carbocycles. The lowest BCUT2D eigenvalue weighted by atomic mass is 9.71. The fourth-order valence-corrected chi connectivity index (χ4v) is 5.09. The molecule has 0 saturated carbocycles. The largest absolute Gasteiger partial charge is 0.512 e.